The Balaban J connectivity index is 1.88. The Morgan fingerprint density at radius 2 is 1.62 bits per heavy atom. The molecule has 1 aromatic rings. The van der Waals surface area contributed by atoms with E-state index in [9.17, 15) is 4.79 Å². The molecular weight excluding hydrogens is 267 g/mol. The number of esters is 1. The largest absolute Gasteiger partial charge is 0.458 e. The number of benzene rings is 1. The molecule has 0 aliphatic carbocycles. The highest BCUT2D eigenvalue weighted by molar-refractivity contribution is 6.45. The van der Waals surface area contributed by atoms with E-state index in [1.807, 2.05) is 12.1 Å². The number of hydrogen-bond acceptors (Lipinski definition) is 4. The lowest BCUT2D eigenvalue weighted by Crippen LogP contribution is -2.41. The van der Waals surface area contributed by atoms with Crippen LogP contribution in [-0.4, -0.2) is 24.3 Å². The molecule has 1 aromatic carbocycles. The molecule has 1 fully saturated rings. The number of carbonyl (C=O) groups is 1. The van der Waals surface area contributed by atoms with Crippen molar-refractivity contribution >= 4 is 13.1 Å². The Hall–Kier alpha value is -1.33. The van der Waals surface area contributed by atoms with E-state index in [2.05, 4.69) is 27.7 Å². The van der Waals surface area contributed by atoms with Crippen molar-refractivity contribution in [1.29, 1.82) is 0 Å². The van der Waals surface area contributed by atoms with E-state index < -0.39 is 0 Å². The Labute approximate surface area is 126 Å². The lowest BCUT2D eigenvalue weighted by atomic mass is 9.81. The third kappa shape index (κ3) is 3.86. The fourth-order valence-electron chi connectivity index (χ4n) is 2.26. The topological polar surface area (TPSA) is 44.8 Å². The highest BCUT2D eigenvalue weighted by Gasteiger charge is 2.50. The molecule has 2 rings (SSSR count). The minimum atomic E-state index is -0.306. The van der Waals surface area contributed by atoms with Crippen LogP contribution in [0.5, 0.6) is 5.75 Å². The molecule has 0 saturated carbocycles. The quantitative estimate of drug-likeness (QED) is 0.485. The summed E-state index contributed by atoms with van der Waals surface area (Å²) in [6.45, 7) is 9.62. The van der Waals surface area contributed by atoms with Gasteiger partial charge in [-0.15, -0.1) is 0 Å². The van der Waals surface area contributed by atoms with E-state index >= 15 is 0 Å². The fraction of sp³-hybridized carbons (Fsp3) is 0.562. The number of aryl methyl sites for hydroxylation is 1. The maximum atomic E-state index is 10.9. The molecule has 0 unspecified atom stereocenters. The van der Waals surface area contributed by atoms with E-state index in [0.717, 1.165) is 12.7 Å². The molecule has 1 aliphatic rings. The summed E-state index contributed by atoms with van der Waals surface area (Å²) in [6.07, 6.45) is 1.66. The first-order valence-electron chi connectivity index (χ1n) is 7.33. The number of hydrogen-bond donors (Lipinski definition) is 0. The monoisotopic (exact) mass is 290 g/mol. The predicted octanol–water partition coefficient (Wildman–Crippen LogP) is 3.25. The summed E-state index contributed by atoms with van der Waals surface area (Å²) in [4.78, 5) is 10.9. The number of ether oxygens (including phenoxy) is 1. The van der Waals surface area contributed by atoms with Gasteiger partial charge in [0.2, 0.25) is 0 Å². The van der Waals surface area contributed by atoms with E-state index in [4.69, 9.17) is 14.0 Å². The molecule has 0 radical (unpaired) electrons. The van der Waals surface area contributed by atoms with Crippen LogP contribution in [0, 0.1) is 0 Å². The van der Waals surface area contributed by atoms with Gasteiger partial charge in [-0.1, -0.05) is 12.1 Å². The van der Waals surface area contributed by atoms with E-state index in [-0.39, 0.29) is 24.3 Å². The molecule has 0 bridgehead atoms. The Morgan fingerprint density at radius 3 is 2.10 bits per heavy atom. The van der Waals surface area contributed by atoms with Gasteiger partial charge in [-0.2, -0.15) is 0 Å². The summed E-state index contributed by atoms with van der Waals surface area (Å²) in [5.41, 5.74) is 0.605. The Morgan fingerprint density at radius 1 is 1.10 bits per heavy atom. The van der Waals surface area contributed by atoms with Crippen LogP contribution in [-0.2, 0) is 20.5 Å². The summed E-state index contributed by atoms with van der Waals surface area (Å²) in [5.74, 6) is 0.266. The van der Waals surface area contributed by atoms with Crippen molar-refractivity contribution in [3.8, 4) is 5.75 Å². The van der Waals surface area contributed by atoms with Crippen LogP contribution in [0.15, 0.2) is 24.3 Å². The molecule has 0 spiro atoms. The lowest BCUT2D eigenvalue weighted by molar-refractivity contribution is -0.131. The van der Waals surface area contributed by atoms with Crippen molar-refractivity contribution < 1.29 is 18.8 Å². The molecule has 114 valence electrons. The number of carbonyl (C=O) groups excluding carboxylic acids is 1. The summed E-state index contributed by atoms with van der Waals surface area (Å²) in [7, 11) is -0.178. The first-order chi connectivity index (χ1) is 9.69. The van der Waals surface area contributed by atoms with Gasteiger partial charge in [-0.25, -0.2) is 0 Å². The minimum absolute atomic E-state index is 0.178. The van der Waals surface area contributed by atoms with Crippen LogP contribution >= 0.6 is 0 Å². The average molecular weight is 290 g/mol. The van der Waals surface area contributed by atoms with Gasteiger partial charge in [-0.3, -0.25) is 4.79 Å². The molecular formula is C16H23BO4. The summed E-state index contributed by atoms with van der Waals surface area (Å²) in [6, 6.07) is 7.54. The van der Waals surface area contributed by atoms with Crippen LogP contribution in [0.1, 0.15) is 40.2 Å². The normalized spacial score (nSPS) is 19.6. The van der Waals surface area contributed by atoms with Crippen molar-refractivity contribution in [2.24, 2.45) is 0 Å². The second-order valence-electron chi connectivity index (χ2n) is 6.46. The molecule has 0 amide bonds. The van der Waals surface area contributed by atoms with Crippen LogP contribution in [0.3, 0.4) is 0 Å². The third-order valence-corrected chi connectivity index (χ3v) is 4.16. The van der Waals surface area contributed by atoms with Crippen molar-refractivity contribution in [3.63, 3.8) is 0 Å². The fourth-order valence-corrected chi connectivity index (χ4v) is 2.26. The van der Waals surface area contributed by atoms with E-state index in [0.29, 0.717) is 5.75 Å². The predicted molar refractivity (Wildman–Crippen MR) is 82.3 cm³/mol. The maximum Gasteiger partial charge on any atom is 0.458 e. The minimum Gasteiger partial charge on any atom is -0.427 e. The van der Waals surface area contributed by atoms with Gasteiger partial charge < -0.3 is 14.0 Å². The van der Waals surface area contributed by atoms with Crippen LogP contribution in [0.4, 0.5) is 0 Å². The zero-order valence-corrected chi connectivity index (χ0v) is 13.4. The lowest BCUT2D eigenvalue weighted by Gasteiger charge is -2.32. The van der Waals surface area contributed by atoms with Crippen LogP contribution in [0.25, 0.3) is 0 Å². The highest BCUT2D eigenvalue weighted by Crippen LogP contribution is 2.37. The van der Waals surface area contributed by atoms with Gasteiger partial charge in [0.1, 0.15) is 5.75 Å². The zero-order chi connectivity index (χ0) is 15.7. The van der Waals surface area contributed by atoms with Crippen molar-refractivity contribution in [2.45, 2.75) is 58.6 Å². The molecule has 0 aromatic heterocycles. The third-order valence-electron chi connectivity index (χ3n) is 4.16. The molecule has 1 heterocycles. The van der Waals surface area contributed by atoms with Crippen molar-refractivity contribution in [2.75, 3.05) is 0 Å². The molecule has 5 heteroatoms. The molecule has 1 aliphatic heterocycles. The maximum absolute atomic E-state index is 10.9. The highest BCUT2D eigenvalue weighted by atomic mass is 16.7. The zero-order valence-electron chi connectivity index (χ0n) is 13.4. The van der Waals surface area contributed by atoms with Crippen LogP contribution < -0.4 is 4.74 Å². The summed E-state index contributed by atoms with van der Waals surface area (Å²) >= 11 is 0. The smallest absolute Gasteiger partial charge is 0.427 e. The second-order valence-corrected chi connectivity index (χ2v) is 6.46. The molecule has 21 heavy (non-hydrogen) atoms. The van der Waals surface area contributed by atoms with Gasteiger partial charge in [0.15, 0.2) is 0 Å². The van der Waals surface area contributed by atoms with E-state index in [1.165, 1.54) is 12.5 Å². The Kier molecular flexibility index (Phi) is 4.44. The van der Waals surface area contributed by atoms with Crippen molar-refractivity contribution in [3.05, 3.63) is 29.8 Å². The van der Waals surface area contributed by atoms with E-state index in [1.54, 1.807) is 12.1 Å². The first-order valence-corrected chi connectivity index (χ1v) is 7.33. The second kappa shape index (κ2) is 5.81. The number of rotatable bonds is 4. The SMILES string of the molecule is CC(=O)Oc1ccc(CCB2OC(C)(C)C(C)(C)O2)cc1. The van der Waals surface area contributed by atoms with Crippen molar-refractivity contribution in [1.82, 2.24) is 0 Å². The molecule has 0 atom stereocenters. The molecule has 1 saturated heterocycles. The molecule has 4 nitrogen and oxygen atoms in total. The Bertz CT molecular complexity index is 492. The summed E-state index contributed by atoms with van der Waals surface area (Å²) in [5, 5.41) is 0. The average Bonchev–Trinajstić information content (AvgIpc) is 2.56. The van der Waals surface area contributed by atoms with Gasteiger partial charge in [0, 0.05) is 6.92 Å². The van der Waals surface area contributed by atoms with Gasteiger partial charge in [0.25, 0.3) is 0 Å². The standard InChI is InChI=1S/C16H23BO4/c1-12(18)19-14-8-6-13(7-9-14)10-11-17-20-15(2,3)16(4,5)21-17/h6-9H,10-11H2,1-5H3. The summed E-state index contributed by atoms with van der Waals surface area (Å²) < 4.78 is 17.0. The van der Waals surface area contributed by atoms with Gasteiger partial charge in [-0.05, 0) is 58.1 Å². The molecule has 0 N–H and O–H groups in total. The van der Waals surface area contributed by atoms with Gasteiger partial charge >= 0.3 is 13.1 Å². The van der Waals surface area contributed by atoms with Crippen LogP contribution in [0.2, 0.25) is 6.32 Å². The first kappa shape index (κ1) is 16.1. The van der Waals surface area contributed by atoms with Gasteiger partial charge in [0.05, 0.1) is 11.2 Å².